The first-order valence-electron chi connectivity index (χ1n) is 10.3. The van der Waals surface area contributed by atoms with E-state index in [1.165, 1.54) is 7.05 Å². The molecular formula is C26H28ClN3O4. The minimum atomic E-state index is -1.25. The molecule has 0 spiro atoms. The van der Waals surface area contributed by atoms with Crippen LogP contribution in [0.25, 0.3) is 0 Å². The molecule has 3 N–H and O–H groups in total. The van der Waals surface area contributed by atoms with E-state index < -0.39 is 6.09 Å². The van der Waals surface area contributed by atoms with Gasteiger partial charge in [0.15, 0.2) is 37.9 Å². The molecule has 4 aromatic rings. The van der Waals surface area contributed by atoms with Crippen molar-refractivity contribution in [2.24, 2.45) is 0 Å². The van der Waals surface area contributed by atoms with Gasteiger partial charge >= 0.3 is 0 Å². The molecule has 2 aromatic carbocycles. The number of phenols is 2. The fourth-order valence-corrected chi connectivity index (χ4v) is 2.76. The highest BCUT2D eigenvalue weighted by molar-refractivity contribution is 5.61. The molecule has 0 aliphatic heterocycles. The van der Waals surface area contributed by atoms with Crippen molar-refractivity contribution >= 4 is 6.09 Å². The van der Waals surface area contributed by atoms with Gasteiger partial charge in [-0.2, -0.15) is 0 Å². The molecule has 2 heterocycles. The minimum absolute atomic E-state index is 0. The van der Waals surface area contributed by atoms with Crippen LogP contribution in [0.1, 0.15) is 11.1 Å². The summed E-state index contributed by atoms with van der Waals surface area (Å²) in [5.74, 6) is 0.702. The number of carbonyl (C=O) groups is 1. The maximum atomic E-state index is 9.56. The molecule has 0 saturated heterocycles. The second kappa shape index (κ2) is 15.7. The second-order valence-corrected chi connectivity index (χ2v) is 6.89. The molecule has 0 aliphatic rings. The van der Waals surface area contributed by atoms with Crippen molar-refractivity contribution in [1.29, 1.82) is 0 Å². The van der Waals surface area contributed by atoms with Gasteiger partial charge in [-0.1, -0.05) is 36.4 Å². The number of carbonyl (C=O) groups excluding carboxylic acids is 1. The lowest BCUT2D eigenvalue weighted by atomic mass is 10.2. The number of amides is 1. The van der Waals surface area contributed by atoms with Gasteiger partial charge in [0, 0.05) is 31.3 Å². The van der Waals surface area contributed by atoms with Crippen LogP contribution in [0.15, 0.2) is 110 Å². The summed E-state index contributed by atoms with van der Waals surface area (Å²) < 4.78 is 4.05. The van der Waals surface area contributed by atoms with Crippen molar-refractivity contribution in [3.63, 3.8) is 0 Å². The van der Waals surface area contributed by atoms with Gasteiger partial charge in [-0.05, 0) is 24.3 Å². The molecule has 0 atom stereocenters. The van der Waals surface area contributed by atoms with Gasteiger partial charge in [0.2, 0.25) is 0 Å². The number of hydrogen-bond donors (Lipinski definition) is 3. The van der Waals surface area contributed by atoms with Crippen molar-refractivity contribution in [1.82, 2.24) is 5.32 Å². The summed E-state index contributed by atoms with van der Waals surface area (Å²) in [6.07, 6.45) is 6.67. The van der Waals surface area contributed by atoms with Gasteiger partial charge in [0.25, 0.3) is 0 Å². The molecule has 0 saturated carbocycles. The van der Waals surface area contributed by atoms with Crippen LogP contribution < -0.4 is 32.0 Å². The number of nitrogens with one attached hydrogen (secondary N) is 1. The number of carboxylic acid groups (broad SMARTS) is 1. The van der Waals surface area contributed by atoms with Crippen LogP contribution in [0.3, 0.4) is 0 Å². The Balaban J connectivity index is 0.000000278. The highest BCUT2D eigenvalue weighted by Gasteiger charge is 2.05. The summed E-state index contributed by atoms with van der Waals surface area (Å²) in [7, 11) is 1.29. The highest BCUT2D eigenvalue weighted by Crippen LogP contribution is 2.15. The fourth-order valence-electron chi connectivity index (χ4n) is 2.76. The van der Waals surface area contributed by atoms with Crippen LogP contribution in [0.4, 0.5) is 4.79 Å². The zero-order valence-electron chi connectivity index (χ0n) is 18.8. The van der Waals surface area contributed by atoms with Crippen molar-refractivity contribution in [2.75, 3.05) is 7.05 Å². The van der Waals surface area contributed by atoms with Crippen LogP contribution in [0, 0.1) is 0 Å². The summed E-state index contributed by atoms with van der Waals surface area (Å²) >= 11 is 0. The van der Waals surface area contributed by atoms with Crippen molar-refractivity contribution in [2.45, 2.75) is 13.1 Å². The topological polar surface area (TPSA) is 100 Å². The van der Waals surface area contributed by atoms with E-state index in [0.29, 0.717) is 24.6 Å². The number of nitrogens with zero attached hydrogens (tertiary/aromatic N) is 2. The number of aromatic nitrogens is 2. The molecule has 7 nitrogen and oxygen atoms in total. The molecule has 0 fully saturated rings. The lowest BCUT2D eigenvalue weighted by Gasteiger charge is -1.99. The Morgan fingerprint density at radius 2 is 1.03 bits per heavy atom. The van der Waals surface area contributed by atoms with E-state index in [4.69, 9.17) is 9.90 Å². The van der Waals surface area contributed by atoms with Crippen LogP contribution >= 0.6 is 0 Å². The van der Waals surface area contributed by atoms with Crippen LogP contribution in [-0.4, -0.2) is 23.4 Å². The lowest BCUT2D eigenvalue weighted by molar-refractivity contribution is -0.688. The van der Waals surface area contributed by atoms with E-state index in [9.17, 15) is 10.2 Å². The normalized spacial score (nSPS) is 9.21. The quantitative estimate of drug-likeness (QED) is 0.326. The standard InChI is InChI=1S/2C12H11NO.C2H5NO2.ClH/c2*14-12-7-3-2-6-11(12)10-13-8-4-1-5-9-13;1-3-2(4)5;/h2*1-9H,10H2;3H,1H3,(H,4,5);1H. The average molecular weight is 482 g/mol. The first-order chi connectivity index (χ1) is 16.0. The van der Waals surface area contributed by atoms with Crippen molar-refractivity contribution in [3.8, 4) is 11.5 Å². The van der Waals surface area contributed by atoms with Crippen molar-refractivity contribution < 1.29 is 41.7 Å². The number of phenolic OH excluding ortho intramolecular Hbond substituents is 2. The predicted molar refractivity (Wildman–Crippen MR) is 122 cm³/mol. The number of pyridine rings is 2. The second-order valence-electron chi connectivity index (χ2n) is 6.89. The van der Waals surface area contributed by atoms with E-state index in [1.54, 1.807) is 12.1 Å². The molecular weight excluding hydrogens is 454 g/mol. The molecule has 0 aliphatic carbocycles. The van der Waals surface area contributed by atoms with E-state index >= 15 is 0 Å². The first-order valence-corrected chi connectivity index (χ1v) is 10.3. The number of hydrogen-bond acceptors (Lipinski definition) is 4. The summed E-state index contributed by atoms with van der Waals surface area (Å²) in [5.41, 5.74) is 1.87. The Hall–Kier alpha value is -4.10. The molecule has 178 valence electrons. The van der Waals surface area contributed by atoms with Gasteiger partial charge < -0.3 is 37.8 Å². The molecule has 8 heteroatoms. The Morgan fingerprint density at radius 1 is 0.706 bits per heavy atom. The first kappa shape index (κ1) is 27.9. The van der Waals surface area contributed by atoms with E-state index in [2.05, 4.69) is 0 Å². The Kier molecular flexibility index (Phi) is 12.9. The predicted octanol–water partition coefficient (Wildman–Crippen LogP) is -0.991. The average Bonchev–Trinajstić information content (AvgIpc) is 2.84. The number of rotatable bonds is 4. The summed E-state index contributed by atoms with van der Waals surface area (Å²) in [5, 5.41) is 30.1. The van der Waals surface area contributed by atoms with Gasteiger partial charge in [0.05, 0.1) is 11.1 Å². The summed E-state index contributed by atoms with van der Waals surface area (Å²) in [6, 6.07) is 26.6. The number of benzene rings is 2. The summed E-state index contributed by atoms with van der Waals surface area (Å²) in [4.78, 5) is 9.15. The fraction of sp³-hybridized carbons (Fsp3) is 0.115. The zero-order valence-corrected chi connectivity index (χ0v) is 19.5. The minimum Gasteiger partial charge on any atom is -1.00 e. The summed E-state index contributed by atoms with van der Waals surface area (Å²) in [6.45, 7) is 1.40. The highest BCUT2D eigenvalue weighted by atomic mass is 35.5. The molecule has 34 heavy (non-hydrogen) atoms. The molecule has 2 aromatic heterocycles. The molecule has 0 radical (unpaired) electrons. The molecule has 4 rings (SSSR count). The number of para-hydroxylation sites is 2. The van der Waals surface area contributed by atoms with Gasteiger partial charge in [-0.25, -0.2) is 9.13 Å². The smallest absolute Gasteiger partial charge is 0.177 e. The Labute approximate surface area is 205 Å². The monoisotopic (exact) mass is 481 g/mol. The zero-order chi connectivity index (χ0) is 23.9. The van der Waals surface area contributed by atoms with E-state index in [0.717, 1.165) is 11.1 Å². The Morgan fingerprint density at radius 3 is 1.32 bits per heavy atom. The van der Waals surface area contributed by atoms with E-state index in [-0.39, 0.29) is 12.4 Å². The van der Waals surface area contributed by atoms with Crippen LogP contribution in [-0.2, 0) is 13.1 Å². The molecule has 0 unspecified atom stereocenters. The SMILES string of the molecule is CNC(=O)[O-].Oc1ccccc1C[n+]1ccccc1.Oc1ccccc1C[n+]1ccccc1.[Cl-]. The molecule has 1 amide bonds. The van der Waals surface area contributed by atoms with Gasteiger partial charge in [-0.3, -0.25) is 0 Å². The van der Waals surface area contributed by atoms with Crippen LogP contribution in [0.2, 0.25) is 0 Å². The number of halogens is 1. The lowest BCUT2D eigenvalue weighted by Crippen LogP contribution is -3.00. The third-order valence-corrected chi connectivity index (χ3v) is 4.45. The van der Waals surface area contributed by atoms with Crippen LogP contribution in [0.5, 0.6) is 11.5 Å². The van der Waals surface area contributed by atoms with Crippen molar-refractivity contribution in [3.05, 3.63) is 121 Å². The third kappa shape index (κ3) is 10.5. The van der Waals surface area contributed by atoms with Gasteiger partial charge in [0.1, 0.15) is 17.6 Å². The number of aromatic hydroxyl groups is 2. The maximum Gasteiger partial charge on any atom is 0.177 e. The third-order valence-electron chi connectivity index (χ3n) is 4.45. The van der Waals surface area contributed by atoms with Gasteiger partial charge in [-0.15, -0.1) is 0 Å². The largest absolute Gasteiger partial charge is 1.00 e. The Bertz CT molecular complexity index is 1030. The molecule has 0 bridgehead atoms. The van der Waals surface area contributed by atoms with E-state index in [1.807, 2.05) is 112 Å². The maximum absolute atomic E-state index is 9.56.